The number of methoxy groups -OCH3 is 1. The Kier molecular flexibility index (Phi) is 2.69. The maximum atomic E-state index is 12.3. The molecule has 2 aliphatic rings. The zero-order valence-electron chi connectivity index (χ0n) is 10.6. The minimum atomic E-state index is -0.543. The second-order valence-electron chi connectivity index (χ2n) is 4.89. The van der Waals surface area contributed by atoms with Crippen LogP contribution in [0.5, 0.6) is 0 Å². The summed E-state index contributed by atoms with van der Waals surface area (Å²) in [4.78, 5) is 24.0. The average Bonchev–Trinajstić information content (AvgIpc) is 3.18. The number of hydrogen-bond donors (Lipinski definition) is 1. The minimum Gasteiger partial charge on any atom is -0.515 e. The Bertz CT molecular complexity index is 589. The summed E-state index contributed by atoms with van der Waals surface area (Å²) >= 11 is 0. The minimum absolute atomic E-state index is 0.155. The van der Waals surface area contributed by atoms with Gasteiger partial charge in [-0.1, -0.05) is 0 Å². The molecule has 0 atom stereocenters. The van der Waals surface area contributed by atoms with Gasteiger partial charge in [0.25, 0.3) is 0 Å². The monoisotopic (exact) mass is 262 g/mol. The standard InChI is InChI=1S/C14H14O5/c1-18-14(17)13-10(7-2-3-7)11-9(19-13)5-4-8(6-15)12(11)16/h6-7,15H,2-5H2,1H3/b8-6+. The number of aliphatic hydroxyl groups is 1. The number of Topliss-reactive ketones (excluding diaryl/α,β-unsaturated/α-hetero) is 1. The first-order valence-corrected chi connectivity index (χ1v) is 6.29. The van der Waals surface area contributed by atoms with Crippen molar-refractivity contribution in [1.29, 1.82) is 0 Å². The number of carbonyl (C=O) groups excluding carboxylic acids is 2. The van der Waals surface area contributed by atoms with E-state index in [0.29, 0.717) is 35.3 Å². The number of esters is 1. The van der Waals surface area contributed by atoms with Crippen molar-refractivity contribution >= 4 is 11.8 Å². The molecule has 0 amide bonds. The third-order valence-corrected chi connectivity index (χ3v) is 3.67. The van der Waals surface area contributed by atoms with Crippen molar-refractivity contribution < 1.29 is 23.8 Å². The predicted molar refractivity (Wildman–Crippen MR) is 65.4 cm³/mol. The molecule has 1 saturated carbocycles. The molecule has 5 nitrogen and oxygen atoms in total. The maximum absolute atomic E-state index is 12.3. The molecule has 0 radical (unpaired) electrons. The van der Waals surface area contributed by atoms with E-state index in [0.717, 1.165) is 19.1 Å². The quantitative estimate of drug-likeness (QED) is 0.503. The average molecular weight is 262 g/mol. The molecule has 0 saturated heterocycles. The summed E-state index contributed by atoms with van der Waals surface area (Å²) in [6.45, 7) is 0. The maximum Gasteiger partial charge on any atom is 0.374 e. The van der Waals surface area contributed by atoms with Gasteiger partial charge in [0.15, 0.2) is 5.78 Å². The van der Waals surface area contributed by atoms with Gasteiger partial charge in [-0.15, -0.1) is 0 Å². The molecule has 0 unspecified atom stereocenters. The van der Waals surface area contributed by atoms with E-state index < -0.39 is 5.97 Å². The van der Waals surface area contributed by atoms with Crippen LogP contribution in [0.25, 0.3) is 0 Å². The second-order valence-corrected chi connectivity index (χ2v) is 4.89. The highest BCUT2D eigenvalue weighted by molar-refractivity contribution is 6.12. The Balaban J connectivity index is 2.17. The lowest BCUT2D eigenvalue weighted by molar-refractivity contribution is 0.0561. The molecule has 1 heterocycles. The first kappa shape index (κ1) is 12.0. The van der Waals surface area contributed by atoms with E-state index in [2.05, 4.69) is 0 Å². The number of hydrogen-bond acceptors (Lipinski definition) is 5. The van der Waals surface area contributed by atoms with E-state index in [1.165, 1.54) is 7.11 Å². The van der Waals surface area contributed by atoms with Gasteiger partial charge in [0.05, 0.1) is 18.9 Å². The summed E-state index contributed by atoms with van der Waals surface area (Å²) in [6, 6.07) is 0. The van der Waals surface area contributed by atoms with E-state index >= 15 is 0 Å². The van der Waals surface area contributed by atoms with Crippen molar-refractivity contribution in [2.75, 3.05) is 7.11 Å². The molecule has 3 rings (SSSR count). The van der Waals surface area contributed by atoms with Crippen LogP contribution in [0.4, 0.5) is 0 Å². The first-order chi connectivity index (χ1) is 9.17. The van der Waals surface area contributed by atoms with E-state index in [1.807, 2.05) is 0 Å². The fourth-order valence-corrected chi connectivity index (χ4v) is 2.57. The van der Waals surface area contributed by atoms with Gasteiger partial charge in [-0.05, 0) is 25.2 Å². The lowest BCUT2D eigenvalue weighted by atomic mass is 9.88. The Labute approximate surface area is 109 Å². The van der Waals surface area contributed by atoms with Gasteiger partial charge < -0.3 is 14.3 Å². The van der Waals surface area contributed by atoms with Gasteiger partial charge in [0.2, 0.25) is 5.76 Å². The number of allylic oxidation sites excluding steroid dienone is 1. The van der Waals surface area contributed by atoms with Crippen LogP contribution >= 0.6 is 0 Å². The van der Waals surface area contributed by atoms with Crippen molar-refractivity contribution in [3.05, 3.63) is 34.5 Å². The van der Waals surface area contributed by atoms with Crippen molar-refractivity contribution in [2.24, 2.45) is 0 Å². The number of fused-ring (bicyclic) bond motifs is 1. The van der Waals surface area contributed by atoms with Crippen LogP contribution in [0, 0.1) is 0 Å². The third-order valence-electron chi connectivity index (χ3n) is 3.67. The fourth-order valence-electron chi connectivity index (χ4n) is 2.57. The smallest absolute Gasteiger partial charge is 0.374 e. The molecular formula is C14H14O5. The number of aryl methyl sites for hydroxylation is 1. The Morgan fingerprint density at radius 1 is 1.42 bits per heavy atom. The van der Waals surface area contributed by atoms with Crippen LogP contribution in [-0.2, 0) is 11.2 Å². The molecule has 0 spiro atoms. The third kappa shape index (κ3) is 1.77. The highest BCUT2D eigenvalue weighted by atomic mass is 16.5. The highest BCUT2D eigenvalue weighted by Crippen LogP contribution is 2.47. The van der Waals surface area contributed by atoms with Crippen LogP contribution < -0.4 is 0 Å². The van der Waals surface area contributed by atoms with Crippen LogP contribution in [0.3, 0.4) is 0 Å². The number of aliphatic hydroxyl groups excluding tert-OH is 1. The van der Waals surface area contributed by atoms with Crippen LogP contribution in [0.15, 0.2) is 16.3 Å². The van der Waals surface area contributed by atoms with E-state index in [1.54, 1.807) is 0 Å². The summed E-state index contributed by atoms with van der Waals surface area (Å²) in [7, 11) is 1.29. The predicted octanol–water partition coefficient (Wildman–Crippen LogP) is 2.51. The van der Waals surface area contributed by atoms with Gasteiger partial charge >= 0.3 is 5.97 Å². The zero-order valence-corrected chi connectivity index (χ0v) is 10.6. The first-order valence-electron chi connectivity index (χ1n) is 6.29. The topological polar surface area (TPSA) is 76.7 Å². The fraction of sp³-hybridized carbons (Fsp3) is 0.429. The molecule has 2 aliphatic carbocycles. The number of carbonyl (C=O) groups is 2. The molecule has 0 aromatic carbocycles. The number of furan rings is 1. The Morgan fingerprint density at radius 2 is 2.16 bits per heavy atom. The van der Waals surface area contributed by atoms with Crippen LogP contribution in [-0.4, -0.2) is 24.0 Å². The molecule has 19 heavy (non-hydrogen) atoms. The molecule has 1 fully saturated rings. The van der Waals surface area contributed by atoms with Crippen molar-refractivity contribution in [2.45, 2.75) is 31.6 Å². The summed E-state index contributed by atoms with van der Waals surface area (Å²) in [5.41, 5.74) is 1.51. The largest absolute Gasteiger partial charge is 0.515 e. The molecule has 0 aliphatic heterocycles. The summed E-state index contributed by atoms with van der Waals surface area (Å²) in [5.74, 6) is 0.118. The second kappa shape index (κ2) is 4.26. The van der Waals surface area contributed by atoms with E-state index in [-0.39, 0.29) is 17.5 Å². The molecule has 1 aromatic rings. The lowest BCUT2D eigenvalue weighted by Crippen LogP contribution is -2.14. The SMILES string of the molecule is COC(=O)c1oc2c(c1C1CC1)C(=O)/C(=C/O)CC2. The van der Waals surface area contributed by atoms with Crippen molar-refractivity contribution in [3.8, 4) is 0 Å². The number of ketones is 1. The summed E-state index contributed by atoms with van der Waals surface area (Å²) in [6.07, 6.45) is 3.69. The van der Waals surface area contributed by atoms with Crippen molar-refractivity contribution in [3.63, 3.8) is 0 Å². The summed E-state index contributed by atoms with van der Waals surface area (Å²) < 4.78 is 10.3. The van der Waals surface area contributed by atoms with Gasteiger partial charge in [-0.25, -0.2) is 4.79 Å². The molecule has 100 valence electrons. The van der Waals surface area contributed by atoms with Crippen LogP contribution in [0.2, 0.25) is 0 Å². The van der Waals surface area contributed by atoms with Crippen molar-refractivity contribution in [1.82, 2.24) is 0 Å². The van der Waals surface area contributed by atoms with Gasteiger partial charge in [0, 0.05) is 17.6 Å². The van der Waals surface area contributed by atoms with Crippen LogP contribution in [0.1, 0.15) is 57.4 Å². The Hall–Kier alpha value is -2.04. The molecule has 0 bridgehead atoms. The molecular weight excluding hydrogens is 248 g/mol. The number of ether oxygens (including phenoxy) is 1. The Morgan fingerprint density at radius 3 is 2.74 bits per heavy atom. The van der Waals surface area contributed by atoms with E-state index in [9.17, 15) is 9.59 Å². The highest BCUT2D eigenvalue weighted by Gasteiger charge is 2.40. The molecule has 1 N–H and O–H groups in total. The van der Waals surface area contributed by atoms with Gasteiger partial charge in [-0.2, -0.15) is 0 Å². The van der Waals surface area contributed by atoms with Gasteiger partial charge in [-0.3, -0.25) is 4.79 Å². The zero-order chi connectivity index (χ0) is 13.6. The van der Waals surface area contributed by atoms with Gasteiger partial charge in [0.1, 0.15) is 5.76 Å². The lowest BCUT2D eigenvalue weighted by Gasteiger charge is -2.12. The summed E-state index contributed by atoms with van der Waals surface area (Å²) in [5, 5.41) is 9.09. The number of rotatable bonds is 2. The normalized spacial score (nSPS) is 20.5. The van der Waals surface area contributed by atoms with E-state index in [4.69, 9.17) is 14.3 Å². The molecule has 5 heteroatoms. The molecule has 1 aromatic heterocycles.